The first-order valence-corrected chi connectivity index (χ1v) is 7.72. The van der Waals surface area contributed by atoms with Crippen LogP contribution in [0.4, 0.5) is 5.69 Å². The highest BCUT2D eigenvalue weighted by atomic mass is 79.9. The van der Waals surface area contributed by atoms with Gasteiger partial charge in [0.2, 0.25) is 5.91 Å². The maximum absolute atomic E-state index is 12.4. The Morgan fingerprint density at radius 1 is 1.38 bits per heavy atom. The zero-order valence-corrected chi connectivity index (χ0v) is 13.4. The molecule has 0 saturated carbocycles. The number of carbonyl (C=O) groups is 1. The zero-order valence-electron chi connectivity index (χ0n) is 11.1. The van der Waals surface area contributed by atoms with E-state index in [4.69, 9.17) is 11.6 Å². The quantitative estimate of drug-likeness (QED) is 0.803. The van der Waals surface area contributed by atoms with E-state index in [-0.39, 0.29) is 17.1 Å². The van der Waals surface area contributed by atoms with Gasteiger partial charge >= 0.3 is 0 Å². The van der Waals surface area contributed by atoms with Crippen LogP contribution >= 0.6 is 27.5 Å². The summed E-state index contributed by atoms with van der Waals surface area (Å²) in [5.74, 6) is -0.105. The molecule has 0 spiro atoms. The number of anilines is 1. The molecular formula is C15H13BrClN3O. The first-order chi connectivity index (χ1) is 10.1. The molecule has 2 heterocycles. The van der Waals surface area contributed by atoms with Gasteiger partial charge in [0, 0.05) is 17.2 Å². The van der Waals surface area contributed by atoms with Crippen molar-refractivity contribution in [3.05, 3.63) is 57.3 Å². The molecule has 4 nitrogen and oxygen atoms in total. The van der Waals surface area contributed by atoms with Gasteiger partial charge < -0.3 is 10.6 Å². The second-order valence-electron chi connectivity index (χ2n) is 4.89. The summed E-state index contributed by atoms with van der Waals surface area (Å²) in [5.41, 5.74) is 2.95. The van der Waals surface area contributed by atoms with E-state index in [1.165, 1.54) is 11.1 Å². The third-order valence-corrected chi connectivity index (χ3v) is 4.20. The molecule has 1 aliphatic heterocycles. The third-order valence-electron chi connectivity index (χ3n) is 3.46. The second-order valence-corrected chi connectivity index (χ2v) is 6.16. The maximum atomic E-state index is 12.4. The van der Waals surface area contributed by atoms with Crippen LogP contribution in [0.3, 0.4) is 0 Å². The van der Waals surface area contributed by atoms with E-state index in [1.54, 1.807) is 12.3 Å². The molecule has 1 amide bonds. The predicted octanol–water partition coefficient (Wildman–Crippen LogP) is 3.15. The molecule has 0 aliphatic carbocycles. The summed E-state index contributed by atoms with van der Waals surface area (Å²) in [7, 11) is 0. The summed E-state index contributed by atoms with van der Waals surface area (Å²) in [6, 6.07) is 9.61. The Balaban J connectivity index is 1.74. The van der Waals surface area contributed by atoms with Gasteiger partial charge in [0.1, 0.15) is 0 Å². The lowest BCUT2D eigenvalue weighted by Crippen LogP contribution is -2.44. The number of hydrogen-bond donors (Lipinski definition) is 2. The molecule has 1 aliphatic rings. The Hall–Kier alpha value is -1.43. The molecule has 0 fully saturated rings. The van der Waals surface area contributed by atoms with Crippen molar-refractivity contribution in [2.24, 2.45) is 0 Å². The van der Waals surface area contributed by atoms with Crippen molar-refractivity contribution < 1.29 is 4.79 Å². The van der Waals surface area contributed by atoms with Gasteiger partial charge in [0.15, 0.2) is 5.15 Å². The number of benzene rings is 1. The van der Waals surface area contributed by atoms with Gasteiger partial charge in [-0.25, -0.2) is 4.98 Å². The molecule has 0 saturated heterocycles. The highest BCUT2D eigenvalue weighted by Crippen LogP contribution is 2.24. The molecule has 2 aromatic rings. The highest BCUT2D eigenvalue weighted by molar-refractivity contribution is 9.10. The third kappa shape index (κ3) is 3.26. The molecule has 21 heavy (non-hydrogen) atoms. The Labute approximate surface area is 136 Å². The van der Waals surface area contributed by atoms with Crippen LogP contribution in [0.25, 0.3) is 0 Å². The van der Waals surface area contributed by atoms with Crippen LogP contribution in [-0.2, 0) is 17.8 Å². The Morgan fingerprint density at radius 3 is 2.95 bits per heavy atom. The van der Waals surface area contributed by atoms with Crippen molar-refractivity contribution in [2.45, 2.75) is 19.0 Å². The smallest absolute Gasteiger partial charge is 0.241 e. The number of pyridine rings is 1. The summed E-state index contributed by atoms with van der Waals surface area (Å²) in [5, 5.41) is 6.35. The summed E-state index contributed by atoms with van der Waals surface area (Å²) in [4.78, 5) is 16.4. The number of amides is 1. The van der Waals surface area contributed by atoms with E-state index < -0.39 is 0 Å². The average molecular weight is 367 g/mol. The highest BCUT2D eigenvalue weighted by Gasteiger charge is 2.24. The fourth-order valence-electron chi connectivity index (χ4n) is 2.37. The maximum Gasteiger partial charge on any atom is 0.241 e. The van der Waals surface area contributed by atoms with Gasteiger partial charge in [0.25, 0.3) is 0 Å². The van der Waals surface area contributed by atoms with Gasteiger partial charge in [0.05, 0.1) is 11.7 Å². The molecule has 2 N–H and O–H groups in total. The standard InChI is InChI=1S/C15H13BrClN3O/c16-11-6-12(14(17)19-8-11)20-15(21)13-5-9-3-1-2-4-10(9)7-18-13/h1-4,6,8,13,18H,5,7H2,(H,20,21). The van der Waals surface area contributed by atoms with Crippen LogP contribution in [0, 0.1) is 0 Å². The van der Waals surface area contributed by atoms with Crippen molar-refractivity contribution in [3.63, 3.8) is 0 Å². The van der Waals surface area contributed by atoms with Crippen molar-refractivity contribution >= 4 is 39.1 Å². The van der Waals surface area contributed by atoms with E-state index >= 15 is 0 Å². The number of fused-ring (bicyclic) bond motifs is 1. The van der Waals surface area contributed by atoms with Crippen LogP contribution in [-0.4, -0.2) is 16.9 Å². The summed E-state index contributed by atoms with van der Waals surface area (Å²) < 4.78 is 0.768. The first-order valence-electron chi connectivity index (χ1n) is 6.55. The number of hydrogen-bond acceptors (Lipinski definition) is 3. The topological polar surface area (TPSA) is 54.0 Å². The largest absolute Gasteiger partial charge is 0.322 e. The predicted molar refractivity (Wildman–Crippen MR) is 86.4 cm³/mol. The number of halogens is 2. The number of nitrogens with one attached hydrogen (secondary N) is 2. The Bertz CT molecular complexity index is 692. The molecule has 1 aromatic heterocycles. The monoisotopic (exact) mass is 365 g/mol. The van der Waals surface area contributed by atoms with E-state index in [9.17, 15) is 4.79 Å². The average Bonchev–Trinajstić information content (AvgIpc) is 2.50. The van der Waals surface area contributed by atoms with Crippen LogP contribution in [0.2, 0.25) is 5.15 Å². The van der Waals surface area contributed by atoms with Crippen LogP contribution in [0.15, 0.2) is 41.0 Å². The fourth-order valence-corrected chi connectivity index (χ4v) is 2.85. The van der Waals surface area contributed by atoms with Crippen molar-refractivity contribution in [2.75, 3.05) is 5.32 Å². The molecule has 108 valence electrons. The second kappa shape index (κ2) is 6.13. The fraction of sp³-hybridized carbons (Fsp3) is 0.200. The summed E-state index contributed by atoms with van der Waals surface area (Å²) in [6.07, 6.45) is 2.26. The minimum absolute atomic E-state index is 0.105. The normalized spacial score (nSPS) is 17.1. The number of carbonyl (C=O) groups excluding carboxylic acids is 1. The van der Waals surface area contributed by atoms with Gasteiger partial charge in [-0.2, -0.15) is 0 Å². The summed E-state index contributed by atoms with van der Waals surface area (Å²) >= 11 is 9.31. The molecule has 3 rings (SSSR count). The number of rotatable bonds is 2. The van der Waals surface area contributed by atoms with E-state index in [0.29, 0.717) is 18.7 Å². The SMILES string of the molecule is O=C(Nc1cc(Br)cnc1Cl)C1Cc2ccccc2CN1. The molecule has 1 atom stereocenters. The summed E-state index contributed by atoms with van der Waals surface area (Å²) in [6.45, 7) is 0.693. The van der Waals surface area contributed by atoms with E-state index in [1.807, 2.05) is 12.1 Å². The van der Waals surface area contributed by atoms with Gasteiger partial charge in [-0.05, 0) is 39.5 Å². The minimum atomic E-state index is -0.269. The van der Waals surface area contributed by atoms with Crippen LogP contribution < -0.4 is 10.6 Å². The van der Waals surface area contributed by atoms with E-state index in [2.05, 4.69) is 43.7 Å². The Morgan fingerprint density at radius 2 is 2.14 bits per heavy atom. The molecule has 0 radical (unpaired) electrons. The van der Waals surface area contributed by atoms with Crippen molar-refractivity contribution in [3.8, 4) is 0 Å². The van der Waals surface area contributed by atoms with Gasteiger partial charge in [-0.1, -0.05) is 35.9 Å². The number of nitrogens with zero attached hydrogens (tertiary/aromatic N) is 1. The first kappa shape index (κ1) is 14.5. The molecule has 1 unspecified atom stereocenters. The molecular weight excluding hydrogens is 354 g/mol. The molecule has 1 aromatic carbocycles. The minimum Gasteiger partial charge on any atom is -0.322 e. The lowest BCUT2D eigenvalue weighted by atomic mass is 9.95. The molecule has 0 bridgehead atoms. The zero-order chi connectivity index (χ0) is 14.8. The van der Waals surface area contributed by atoms with Crippen LogP contribution in [0.1, 0.15) is 11.1 Å². The number of aromatic nitrogens is 1. The Kier molecular flexibility index (Phi) is 4.24. The molecule has 6 heteroatoms. The van der Waals surface area contributed by atoms with Crippen molar-refractivity contribution in [1.29, 1.82) is 0 Å². The van der Waals surface area contributed by atoms with E-state index in [0.717, 1.165) is 4.47 Å². The van der Waals surface area contributed by atoms with Gasteiger partial charge in [-0.3, -0.25) is 4.79 Å². The lowest BCUT2D eigenvalue weighted by Gasteiger charge is -2.25. The lowest BCUT2D eigenvalue weighted by molar-refractivity contribution is -0.118. The van der Waals surface area contributed by atoms with Crippen LogP contribution in [0.5, 0.6) is 0 Å². The van der Waals surface area contributed by atoms with Crippen molar-refractivity contribution in [1.82, 2.24) is 10.3 Å². The van der Waals surface area contributed by atoms with Gasteiger partial charge in [-0.15, -0.1) is 0 Å².